The van der Waals surface area contributed by atoms with Gasteiger partial charge in [-0.1, -0.05) is 12.1 Å². The van der Waals surface area contributed by atoms with E-state index >= 15 is 0 Å². The van der Waals surface area contributed by atoms with Gasteiger partial charge in [-0.25, -0.2) is 8.78 Å². The molecule has 0 aromatic heterocycles. The SMILES string of the molecule is CC(C(=O)c1ccc(F)cc1)N(C)Cc1cccc(F)c1. The Morgan fingerprint density at radius 1 is 1.10 bits per heavy atom. The van der Waals surface area contributed by atoms with Crippen molar-refractivity contribution < 1.29 is 13.6 Å². The van der Waals surface area contributed by atoms with Gasteiger partial charge >= 0.3 is 0 Å². The summed E-state index contributed by atoms with van der Waals surface area (Å²) in [5.41, 5.74) is 1.27. The van der Waals surface area contributed by atoms with Gasteiger partial charge in [0.1, 0.15) is 11.6 Å². The van der Waals surface area contributed by atoms with Crippen LogP contribution in [0.5, 0.6) is 0 Å². The third-order valence-electron chi connectivity index (χ3n) is 3.49. The van der Waals surface area contributed by atoms with E-state index in [1.807, 2.05) is 11.0 Å². The van der Waals surface area contributed by atoms with Crippen molar-refractivity contribution in [2.45, 2.75) is 19.5 Å². The molecule has 0 N–H and O–H groups in total. The lowest BCUT2D eigenvalue weighted by molar-refractivity contribution is 0.0862. The first-order chi connectivity index (χ1) is 9.97. The molecule has 0 spiro atoms. The van der Waals surface area contributed by atoms with Crippen molar-refractivity contribution in [1.29, 1.82) is 0 Å². The third-order valence-corrected chi connectivity index (χ3v) is 3.49. The van der Waals surface area contributed by atoms with Crippen LogP contribution in [0.1, 0.15) is 22.8 Å². The smallest absolute Gasteiger partial charge is 0.179 e. The fraction of sp³-hybridized carbons (Fsp3) is 0.235. The summed E-state index contributed by atoms with van der Waals surface area (Å²) < 4.78 is 26.0. The average molecular weight is 289 g/mol. The highest BCUT2D eigenvalue weighted by atomic mass is 19.1. The standard InChI is InChI=1S/C17H17F2NO/c1-12(17(21)14-6-8-15(18)9-7-14)20(2)11-13-4-3-5-16(19)10-13/h3-10,12H,11H2,1-2H3. The molecule has 21 heavy (non-hydrogen) atoms. The summed E-state index contributed by atoms with van der Waals surface area (Å²) in [4.78, 5) is 14.2. The van der Waals surface area contributed by atoms with E-state index in [1.54, 1.807) is 20.0 Å². The van der Waals surface area contributed by atoms with Crippen molar-refractivity contribution in [3.63, 3.8) is 0 Å². The molecule has 0 aliphatic carbocycles. The predicted molar refractivity (Wildman–Crippen MR) is 78.1 cm³/mol. The first-order valence-electron chi connectivity index (χ1n) is 6.72. The van der Waals surface area contributed by atoms with Crippen LogP contribution in [0.4, 0.5) is 8.78 Å². The van der Waals surface area contributed by atoms with Gasteiger partial charge in [0, 0.05) is 12.1 Å². The fourth-order valence-corrected chi connectivity index (χ4v) is 2.12. The van der Waals surface area contributed by atoms with Crippen molar-refractivity contribution in [3.8, 4) is 0 Å². The zero-order chi connectivity index (χ0) is 15.4. The molecule has 2 aromatic rings. The number of Topliss-reactive ketones (excluding diaryl/α,β-unsaturated/α-hetero) is 1. The third kappa shape index (κ3) is 3.95. The molecule has 2 rings (SSSR count). The van der Waals surface area contributed by atoms with Crippen molar-refractivity contribution in [1.82, 2.24) is 4.90 Å². The molecule has 1 unspecified atom stereocenters. The van der Waals surface area contributed by atoms with E-state index in [1.165, 1.54) is 36.4 Å². The lowest BCUT2D eigenvalue weighted by Gasteiger charge is -2.23. The van der Waals surface area contributed by atoms with Crippen molar-refractivity contribution in [2.24, 2.45) is 0 Å². The van der Waals surface area contributed by atoms with Gasteiger partial charge in [-0.2, -0.15) is 0 Å². The number of likely N-dealkylation sites (N-methyl/N-ethyl adjacent to an activating group) is 1. The molecule has 0 radical (unpaired) electrons. The van der Waals surface area contributed by atoms with Crippen LogP contribution in [-0.4, -0.2) is 23.8 Å². The highest BCUT2D eigenvalue weighted by molar-refractivity contribution is 5.99. The minimum atomic E-state index is -0.376. The van der Waals surface area contributed by atoms with E-state index in [2.05, 4.69) is 0 Å². The number of nitrogens with zero attached hydrogens (tertiary/aromatic N) is 1. The van der Waals surface area contributed by atoms with Gasteiger partial charge in [-0.3, -0.25) is 9.69 Å². The van der Waals surface area contributed by atoms with Gasteiger partial charge < -0.3 is 0 Å². The molecule has 0 aliphatic heterocycles. The molecule has 0 fully saturated rings. The molecular weight excluding hydrogens is 272 g/mol. The van der Waals surface area contributed by atoms with Crippen LogP contribution in [0.3, 0.4) is 0 Å². The summed E-state index contributed by atoms with van der Waals surface area (Å²) in [6, 6.07) is 11.4. The summed E-state index contributed by atoms with van der Waals surface area (Å²) >= 11 is 0. The van der Waals surface area contributed by atoms with Crippen molar-refractivity contribution in [3.05, 3.63) is 71.3 Å². The molecule has 4 heteroatoms. The van der Waals surface area contributed by atoms with Crippen molar-refractivity contribution >= 4 is 5.78 Å². The monoisotopic (exact) mass is 289 g/mol. The van der Waals surface area contributed by atoms with Gasteiger partial charge in [-0.05, 0) is 55.9 Å². The van der Waals surface area contributed by atoms with E-state index in [9.17, 15) is 13.6 Å². The normalized spacial score (nSPS) is 12.4. The molecule has 0 amide bonds. The molecule has 1 atom stereocenters. The highest BCUT2D eigenvalue weighted by Crippen LogP contribution is 2.13. The average Bonchev–Trinajstić information content (AvgIpc) is 2.46. The Kier molecular flexibility index (Phi) is 4.81. The second-order valence-electron chi connectivity index (χ2n) is 5.09. The van der Waals surface area contributed by atoms with Gasteiger partial charge in [0.25, 0.3) is 0 Å². The first-order valence-corrected chi connectivity index (χ1v) is 6.72. The molecule has 110 valence electrons. The van der Waals surface area contributed by atoms with Crippen LogP contribution >= 0.6 is 0 Å². The second-order valence-corrected chi connectivity index (χ2v) is 5.09. The predicted octanol–water partition coefficient (Wildman–Crippen LogP) is 3.67. The van der Waals surface area contributed by atoms with E-state index in [0.717, 1.165) is 5.56 Å². The van der Waals surface area contributed by atoms with E-state index in [-0.39, 0.29) is 23.5 Å². The van der Waals surface area contributed by atoms with Gasteiger partial charge in [0.2, 0.25) is 0 Å². The van der Waals surface area contributed by atoms with Crippen molar-refractivity contribution in [2.75, 3.05) is 7.05 Å². The molecule has 0 saturated heterocycles. The maximum Gasteiger partial charge on any atom is 0.179 e. The van der Waals surface area contributed by atoms with Crippen LogP contribution in [0, 0.1) is 11.6 Å². The molecular formula is C17H17F2NO. The summed E-state index contributed by atoms with van der Waals surface area (Å²) in [5.74, 6) is -0.750. The Hall–Kier alpha value is -2.07. The number of carbonyl (C=O) groups excluding carboxylic acids is 1. The molecule has 0 heterocycles. The van der Waals surface area contributed by atoms with Crippen LogP contribution in [-0.2, 0) is 6.54 Å². The fourth-order valence-electron chi connectivity index (χ4n) is 2.12. The van der Waals surface area contributed by atoms with Gasteiger partial charge in [0.15, 0.2) is 5.78 Å². The number of benzene rings is 2. The number of halogens is 2. The lowest BCUT2D eigenvalue weighted by atomic mass is 10.0. The van der Waals surface area contributed by atoms with Gasteiger partial charge in [-0.15, -0.1) is 0 Å². The van der Waals surface area contributed by atoms with E-state index < -0.39 is 0 Å². The maximum absolute atomic E-state index is 13.2. The number of hydrogen-bond donors (Lipinski definition) is 0. The quantitative estimate of drug-likeness (QED) is 0.783. The number of rotatable bonds is 5. The number of ketones is 1. The Morgan fingerprint density at radius 2 is 1.76 bits per heavy atom. The Labute approximate surface area is 123 Å². The molecule has 0 aliphatic rings. The molecule has 2 aromatic carbocycles. The Morgan fingerprint density at radius 3 is 2.38 bits per heavy atom. The van der Waals surface area contributed by atoms with Crippen LogP contribution in [0.15, 0.2) is 48.5 Å². The Bertz CT molecular complexity index is 625. The summed E-state index contributed by atoms with van der Waals surface area (Å²) in [5, 5.41) is 0. The lowest BCUT2D eigenvalue weighted by Crippen LogP contribution is -2.35. The summed E-state index contributed by atoms with van der Waals surface area (Å²) in [6.45, 7) is 2.25. The van der Waals surface area contributed by atoms with E-state index in [0.29, 0.717) is 12.1 Å². The zero-order valence-corrected chi connectivity index (χ0v) is 12.0. The van der Waals surface area contributed by atoms with Crippen LogP contribution in [0.25, 0.3) is 0 Å². The van der Waals surface area contributed by atoms with Crippen LogP contribution < -0.4 is 0 Å². The second kappa shape index (κ2) is 6.59. The topological polar surface area (TPSA) is 20.3 Å². The van der Waals surface area contributed by atoms with E-state index in [4.69, 9.17) is 0 Å². The molecule has 2 nitrogen and oxygen atoms in total. The molecule has 0 bridgehead atoms. The minimum absolute atomic E-state index is 0.0890. The highest BCUT2D eigenvalue weighted by Gasteiger charge is 2.19. The zero-order valence-electron chi connectivity index (χ0n) is 12.0. The van der Waals surface area contributed by atoms with Gasteiger partial charge in [0.05, 0.1) is 6.04 Å². The summed E-state index contributed by atoms with van der Waals surface area (Å²) in [6.07, 6.45) is 0. The number of hydrogen-bond acceptors (Lipinski definition) is 2. The molecule has 0 saturated carbocycles. The first kappa shape index (κ1) is 15.3. The number of carbonyl (C=O) groups is 1. The maximum atomic E-state index is 13.2. The van der Waals surface area contributed by atoms with Crippen LogP contribution in [0.2, 0.25) is 0 Å². The largest absolute Gasteiger partial charge is 0.292 e. The minimum Gasteiger partial charge on any atom is -0.292 e. The summed E-state index contributed by atoms with van der Waals surface area (Å²) in [7, 11) is 1.80. The Balaban J connectivity index is 2.06.